The Balaban J connectivity index is 1.27. The number of urea groups is 1. The number of rotatable bonds is 7. The highest BCUT2D eigenvalue weighted by Gasteiger charge is 2.32. The number of carbonyl (C=O) groups excluding carboxylic acids is 2. The number of amides is 3. The van der Waals surface area contributed by atoms with Crippen molar-refractivity contribution in [2.24, 2.45) is 11.7 Å². The van der Waals surface area contributed by atoms with Gasteiger partial charge >= 0.3 is 6.03 Å². The molecule has 0 aromatic heterocycles. The largest absolute Gasteiger partial charge is 0.487 e. The lowest BCUT2D eigenvalue weighted by atomic mass is 9.97. The normalized spacial score (nSPS) is 20.8. The molecule has 0 radical (unpaired) electrons. The summed E-state index contributed by atoms with van der Waals surface area (Å²) < 4.78 is 5.85. The van der Waals surface area contributed by atoms with Crippen LogP contribution in [0, 0.1) is 12.8 Å². The monoisotopic (exact) mass is 374 g/mol. The highest BCUT2D eigenvalue weighted by molar-refractivity contribution is 5.77. The molecule has 0 bridgehead atoms. The first-order valence-electron chi connectivity index (χ1n) is 9.79. The summed E-state index contributed by atoms with van der Waals surface area (Å²) in [5, 5.41) is 2.96. The highest BCUT2D eigenvalue weighted by Crippen LogP contribution is 2.19. The molecule has 2 aliphatic heterocycles. The van der Waals surface area contributed by atoms with Gasteiger partial charge in [0.05, 0.1) is 19.0 Å². The number of ether oxygens (including phenoxy) is 1. The predicted molar refractivity (Wildman–Crippen MR) is 104 cm³/mol. The van der Waals surface area contributed by atoms with Crippen molar-refractivity contribution in [2.45, 2.75) is 32.3 Å². The summed E-state index contributed by atoms with van der Waals surface area (Å²) in [6.45, 7) is 6.54. The van der Waals surface area contributed by atoms with Crippen molar-refractivity contribution >= 4 is 11.9 Å². The number of benzene rings is 1. The Hall–Kier alpha value is -2.28. The predicted octanol–water partition coefficient (Wildman–Crippen LogP) is 1.36. The van der Waals surface area contributed by atoms with Gasteiger partial charge in [-0.3, -0.25) is 4.79 Å². The average Bonchev–Trinajstić information content (AvgIpc) is 2.63. The van der Waals surface area contributed by atoms with E-state index in [1.54, 1.807) is 4.90 Å². The van der Waals surface area contributed by atoms with Crippen LogP contribution >= 0.6 is 0 Å². The third-order valence-corrected chi connectivity index (χ3v) is 5.29. The number of hydrogen-bond donors (Lipinski definition) is 2. The molecule has 148 valence electrons. The maximum Gasteiger partial charge on any atom is 0.317 e. The van der Waals surface area contributed by atoms with E-state index in [0.717, 1.165) is 44.6 Å². The molecule has 7 heteroatoms. The fourth-order valence-corrected chi connectivity index (χ4v) is 3.59. The van der Waals surface area contributed by atoms with Crippen molar-refractivity contribution < 1.29 is 14.3 Å². The maximum absolute atomic E-state index is 12.1. The van der Waals surface area contributed by atoms with Gasteiger partial charge < -0.3 is 25.6 Å². The summed E-state index contributed by atoms with van der Waals surface area (Å²) in [6.07, 6.45) is 2.84. The molecule has 1 aromatic carbocycles. The summed E-state index contributed by atoms with van der Waals surface area (Å²) in [7, 11) is 0. The molecule has 1 unspecified atom stereocenters. The molecular formula is C20H30N4O3. The van der Waals surface area contributed by atoms with Crippen LogP contribution < -0.4 is 15.8 Å². The lowest BCUT2D eigenvalue weighted by Gasteiger charge is -2.38. The molecule has 3 rings (SSSR count). The van der Waals surface area contributed by atoms with Crippen molar-refractivity contribution in [3.8, 4) is 5.75 Å². The van der Waals surface area contributed by atoms with E-state index in [0.29, 0.717) is 19.6 Å². The Morgan fingerprint density at radius 1 is 1.22 bits per heavy atom. The van der Waals surface area contributed by atoms with Crippen LogP contribution in [0.2, 0.25) is 0 Å². The highest BCUT2D eigenvalue weighted by atomic mass is 16.5. The van der Waals surface area contributed by atoms with Gasteiger partial charge in [0.15, 0.2) is 0 Å². The van der Waals surface area contributed by atoms with Crippen molar-refractivity contribution in [3.63, 3.8) is 0 Å². The summed E-state index contributed by atoms with van der Waals surface area (Å²) in [4.78, 5) is 27.5. The zero-order chi connectivity index (χ0) is 19.2. The van der Waals surface area contributed by atoms with E-state index in [2.05, 4.69) is 10.2 Å². The van der Waals surface area contributed by atoms with Crippen LogP contribution in [-0.2, 0) is 4.79 Å². The first-order valence-corrected chi connectivity index (χ1v) is 9.79. The summed E-state index contributed by atoms with van der Waals surface area (Å²) >= 11 is 0. The molecule has 1 atom stereocenters. The minimum absolute atomic E-state index is 0.0279. The molecule has 27 heavy (non-hydrogen) atoms. The van der Waals surface area contributed by atoms with E-state index in [4.69, 9.17) is 10.5 Å². The standard InChI is InChI=1S/C20H30N4O3/c1-15-5-7-17(8-6-15)27-18-13-24(14-18)20(26)22-9-3-11-23-10-2-4-16(12-23)19(21)25/h5-8,16,18H,2-4,9-14H2,1H3,(H2,21,25)(H,22,26). The topological polar surface area (TPSA) is 87.9 Å². The number of primary amides is 1. The number of carbonyl (C=O) groups is 2. The number of aryl methyl sites for hydroxylation is 1. The van der Waals surface area contributed by atoms with E-state index in [-0.39, 0.29) is 24.0 Å². The molecule has 3 amide bonds. The number of nitrogens with one attached hydrogen (secondary N) is 1. The quantitative estimate of drug-likeness (QED) is 0.706. The molecule has 0 aliphatic carbocycles. The average molecular weight is 374 g/mol. The number of hydrogen-bond acceptors (Lipinski definition) is 4. The minimum atomic E-state index is -0.201. The van der Waals surface area contributed by atoms with E-state index in [1.165, 1.54) is 5.56 Å². The fourth-order valence-electron chi connectivity index (χ4n) is 3.59. The second-order valence-corrected chi connectivity index (χ2v) is 7.59. The Labute approximate surface area is 160 Å². The molecule has 2 fully saturated rings. The summed E-state index contributed by atoms with van der Waals surface area (Å²) in [5.74, 6) is 0.620. The molecule has 2 saturated heterocycles. The van der Waals surface area contributed by atoms with Crippen LogP contribution in [0.3, 0.4) is 0 Å². The van der Waals surface area contributed by atoms with Gasteiger partial charge in [0.2, 0.25) is 5.91 Å². The third-order valence-electron chi connectivity index (χ3n) is 5.29. The molecule has 2 heterocycles. The molecule has 0 saturated carbocycles. The third kappa shape index (κ3) is 5.60. The van der Waals surface area contributed by atoms with Crippen LogP contribution in [-0.4, -0.2) is 67.1 Å². The molecule has 1 aromatic rings. The van der Waals surface area contributed by atoms with Gasteiger partial charge in [0, 0.05) is 13.1 Å². The lowest BCUT2D eigenvalue weighted by Crippen LogP contribution is -2.59. The van der Waals surface area contributed by atoms with Crippen molar-refractivity contribution in [2.75, 3.05) is 39.3 Å². The van der Waals surface area contributed by atoms with Gasteiger partial charge in [-0.05, 0) is 51.4 Å². The number of nitrogens with zero attached hydrogens (tertiary/aromatic N) is 2. The smallest absolute Gasteiger partial charge is 0.317 e. The van der Waals surface area contributed by atoms with Gasteiger partial charge in [-0.15, -0.1) is 0 Å². The van der Waals surface area contributed by atoms with Gasteiger partial charge in [0.25, 0.3) is 0 Å². The number of likely N-dealkylation sites (tertiary alicyclic amines) is 2. The fraction of sp³-hybridized carbons (Fsp3) is 0.600. The molecule has 0 spiro atoms. The van der Waals surface area contributed by atoms with Crippen molar-refractivity contribution in [3.05, 3.63) is 29.8 Å². The summed E-state index contributed by atoms with van der Waals surface area (Å²) in [6, 6.07) is 7.93. The van der Waals surface area contributed by atoms with Crippen molar-refractivity contribution in [1.29, 1.82) is 0 Å². The first-order chi connectivity index (χ1) is 13.0. The Bertz CT molecular complexity index is 643. The Morgan fingerprint density at radius 2 is 1.96 bits per heavy atom. The van der Waals surface area contributed by atoms with Crippen molar-refractivity contribution in [1.82, 2.24) is 15.1 Å². The van der Waals surface area contributed by atoms with Crippen LogP contribution in [0.15, 0.2) is 24.3 Å². The lowest BCUT2D eigenvalue weighted by molar-refractivity contribution is -0.123. The first kappa shape index (κ1) is 19.5. The van der Waals surface area contributed by atoms with Gasteiger partial charge in [-0.25, -0.2) is 4.79 Å². The molecule has 2 aliphatic rings. The van der Waals surface area contributed by atoms with Gasteiger partial charge in [-0.2, -0.15) is 0 Å². The minimum Gasteiger partial charge on any atom is -0.487 e. The van der Waals surface area contributed by atoms with Crippen LogP contribution in [0.1, 0.15) is 24.8 Å². The molecular weight excluding hydrogens is 344 g/mol. The van der Waals surface area contributed by atoms with Gasteiger partial charge in [-0.1, -0.05) is 17.7 Å². The SMILES string of the molecule is Cc1ccc(OC2CN(C(=O)NCCCN3CCCC(C(N)=O)C3)C2)cc1. The van der Waals surface area contributed by atoms with E-state index in [9.17, 15) is 9.59 Å². The van der Waals surface area contributed by atoms with Crippen LogP contribution in [0.25, 0.3) is 0 Å². The van der Waals surface area contributed by atoms with Gasteiger partial charge in [0.1, 0.15) is 11.9 Å². The van der Waals surface area contributed by atoms with E-state index >= 15 is 0 Å². The molecule has 3 N–H and O–H groups in total. The Morgan fingerprint density at radius 3 is 2.67 bits per heavy atom. The zero-order valence-electron chi connectivity index (χ0n) is 16.0. The number of piperidine rings is 1. The summed E-state index contributed by atoms with van der Waals surface area (Å²) in [5.41, 5.74) is 6.61. The zero-order valence-corrected chi connectivity index (χ0v) is 16.0. The van der Waals surface area contributed by atoms with E-state index in [1.807, 2.05) is 31.2 Å². The molecule has 7 nitrogen and oxygen atoms in total. The van der Waals surface area contributed by atoms with Crippen LogP contribution in [0.5, 0.6) is 5.75 Å². The second kappa shape index (κ2) is 9.08. The second-order valence-electron chi connectivity index (χ2n) is 7.59. The Kier molecular flexibility index (Phi) is 6.55. The number of nitrogens with two attached hydrogens (primary N) is 1. The van der Waals surface area contributed by atoms with E-state index < -0.39 is 0 Å². The van der Waals surface area contributed by atoms with Crippen LogP contribution in [0.4, 0.5) is 4.79 Å². The maximum atomic E-state index is 12.1.